The lowest BCUT2D eigenvalue weighted by Crippen LogP contribution is -2.42. The number of hydrogen-bond acceptors (Lipinski definition) is 5. The van der Waals surface area contributed by atoms with Crippen LogP contribution < -0.4 is 15.0 Å². The Kier molecular flexibility index (Phi) is 6.24. The number of nitriles is 1. The summed E-state index contributed by atoms with van der Waals surface area (Å²) in [5, 5.41) is 12.5. The maximum absolute atomic E-state index is 8.85. The Hall–Kier alpha value is -2.84. The number of hydrogen-bond donors (Lipinski definition) is 1. The highest BCUT2D eigenvalue weighted by molar-refractivity contribution is 5.57. The number of anilines is 1. The zero-order chi connectivity index (χ0) is 18.2. The lowest BCUT2D eigenvalue weighted by Gasteiger charge is -2.33. The maximum Gasteiger partial charge on any atom is 0.128 e. The molecule has 5 nitrogen and oxygen atoms in total. The summed E-state index contributed by atoms with van der Waals surface area (Å²) in [5.41, 5.74) is 1.70. The second-order valence-corrected chi connectivity index (χ2v) is 6.33. The van der Waals surface area contributed by atoms with Crippen molar-refractivity contribution in [2.75, 3.05) is 31.6 Å². The van der Waals surface area contributed by atoms with Gasteiger partial charge < -0.3 is 15.0 Å². The predicted molar refractivity (Wildman–Crippen MR) is 104 cm³/mol. The first-order valence-corrected chi connectivity index (χ1v) is 8.94. The van der Waals surface area contributed by atoms with Crippen molar-refractivity contribution in [2.24, 2.45) is 0 Å². The maximum atomic E-state index is 8.85. The van der Waals surface area contributed by atoms with Crippen molar-refractivity contribution >= 4 is 11.9 Å². The number of para-hydroxylation sites is 1. The molecule has 1 aliphatic rings. The van der Waals surface area contributed by atoms with Crippen molar-refractivity contribution in [1.82, 2.24) is 10.3 Å². The average molecular weight is 348 g/mol. The van der Waals surface area contributed by atoms with E-state index in [1.165, 1.54) is 0 Å². The molecule has 1 aromatic heterocycles. The molecular formula is C21H24N4O. The number of aromatic nitrogens is 1. The molecular weight excluding hydrogens is 324 g/mol. The topological polar surface area (TPSA) is 61.2 Å². The molecule has 0 unspecified atom stereocenters. The van der Waals surface area contributed by atoms with E-state index in [2.05, 4.69) is 39.5 Å². The van der Waals surface area contributed by atoms with Gasteiger partial charge in [0.1, 0.15) is 17.6 Å². The lowest BCUT2D eigenvalue weighted by molar-refractivity contribution is 0.414. The molecule has 0 atom stereocenters. The molecule has 0 radical (unpaired) electrons. The fourth-order valence-corrected chi connectivity index (χ4v) is 3.18. The Bertz CT molecular complexity index is 771. The molecule has 5 heteroatoms. The zero-order valence-electron chi connectivity index (χ0n) is 15.1. The summed E-state index contributed by atoms with van der Waals surface area (Å²) in [6, 6.07) is 14.4. The van der Waals surface area contributed by atoms with Gasteiger partial charge in [-0.25, -0.2) is 4.98 Å². The first-order valence-electron chi connectivity index (χ1n) is 8.94. The van der Waals surface area contributed by atoms with E-state index in [9.17, 15) is 0 Å². The molecule has 0 aliphatic carbocycles. The lowest BCUT2D eigenvalue weighted by atomic mass is 10.0. The normalized spacial score (nSPS) is 15.2. The summed E-state index contributed by atoms with van der Waals surface area (Å²) >= 11 is 0. The van der Waals surface area contributed by atoms with Gasteiger partial charge in [0, 0.05) is 37.4 Å². The van der Waals surface area contributed by atoms with Crippen LogP contribution in [-0.2, 0) is 0 Å². The highest BCUT2D eigenvalue weighted by atomic mass is 16.5. The van der Waals surface area contributed by atoms with Crippen LogP contribution >= 0.6 is 0 Å². The van der Waals surface area contributed by atoms with Crippen LogP contribution in [-0.4, -0.2) is 37.8 Å². The Labute approximate surface area is 154 Å². The van der Waals surface area contributed by atoms with Crippen molar-refractivity contribution in [1.29, 1.82) is 5.26 Å². The number of rotatable bonds is 6. The molecule has 0 bridgehead atoms. The van der Waals surface area contributed by atoms with Gasteiger partial charge in [-0.1, -0.05) is 30.4 Å². The number of methoxy groups -OCH3 is 1. The molecule has 1 aromatic carbocycles. The van der Waals surface area contributed by atoms with Crippen LogP contribution in [0.2, 0.25) is 0 Å². The second-order valence-electron chi connectivity index (χ2n) is 6.33. The third kappa shape index (κ3) is 4.62. The molecule has 1 N–H and O–H groups in total. The van der Waals surface area contributed by atoms with E-state index in [4.69, 9.17) is 10.00 Å². The molecule has 134 valence electrons. The van der Waals surface area contributed by atoms with Crippen LogP contribution in [0, 0.1) is 11.3 Å². The predicted octanol–water partition coefficient (Wildman–Crippen LogP) is 3.23. The number of benzene rings is 1. The van der Waals surface area contributed by atoms with Gasteiger partial charge in [0.15, 0.2) is 0 Å². The van der Waals surface area contributed by atoms with E-state index in [1.54, 1.807) is 13.3 Å². The Balaban J connectivity index is 1.44. The number of nitrogens with one attached hydrogen (secondary N) is 1. The quantitative estimate of drug-likeness (QED) is 0.868. The van der Waals surface area contributed by atoms with E-state index in [1.807, 2.05) is 30.3 Å². The van der Waals surface area contributed by atoms with Gasteiger partial charge in [-0.05, 0) is 31.0 Å². The molecule has 0 amide bonds. The van der Waals surface area contributed by atoms with Crippen molar-refractivity contribution in [3.63, 3.8) is 0 Å². The average Bonchev–Trinajstić information content (AvgIpc) is 2.72. The van der Waals surface area contributed by atoms with Crippen molar-refractivity contribution in [2.45, 2.75) is 18.9 Å². The molecule has 26 heavy (non-hydrogen) atoms. The summed E-state index contributed by atoms with van der Waals surface area (Å²) in [4.78, 5) is 6.67. The largest absolute Gasteiger partial charge is 0.496 e. The van der Waals surface area contributed by atoms with E-state index in [0.29, 0.717) is 11.6 Å². The number of piperidine rings is 1. The SMILES string of the molecule is COc1ccccc1C=CCNC1CCN(c2ccc(C#N)cn2)CC1. The van der Waals surface area contributed by atoms with E-state index < -0.39 is 0 Å². The first-order chi connectivity index (χ1) is 12.8. The molecule has 2 heterocycles. The summed E-state index contributed by atoms with van der Waals surface area (Å²) in [6.45, 7) is 2.80. The van der Waals surface area contributed by atoms with Crippen LogP contribution in [0.1, 0.15) is 24.0 Å². The number of nitrogens with zero attached hydrogens (tertiary/aromatic N) is 3. The Morgan fingerprint density at radius 2 is 2.08 bits per heavy atom. The van der Waals surface area contributed by atoms with Crippen LogP contribution in [0.5, 0.6) is 5.75 Å². The third-order valence-electron chi connectivity index (χ3n) is 4.66. The van der Waals surface area contributed by atoms with Gasteiger partial charge in [0.25, 0.3) is 0 Å². The van der Waals surface area contributed by atoms with Gasteiger partial charge in [-0.3, -0.25) is 0 Å². The Morgan fingerprint density at radius 1 is 1.27 bits per heavy atom. The van der Waals surface area contributed by atoms with Gasteiger partial charge in [-0.2, -0.15) is 5.26 Å². The van der Waals surface area contributed by atoms with Crippen molar-refractivity contribution < 1.29 is 4.74 Å². The molecule has 2 aromatic rings. The molecule has 1 saturated heterocycles. The van der Waals surface area contributed by atoms with Gasteiger partial charge in [0.05, 0.1) is 12.7 Å². The minimum atomic E-state index is 0.520. The minimum Gasteiger partial charge on any atom is -0.496 e. The second kappa shape index (κ2) is 9.02. The minimum absolute atomic E-state index is 0.520. The smallest absolute Gasteiger partial charge is 0.128 e. The summed E-state index contributed by atoms with van der Waals surface area (Å²) < 4.78 is 5.36. The van der Waals surface area contributed by atoms with Crippen LogP contribution in [0.4, 0.5) is 5.82 Å². The fourth-order valence-electron chi connectivity index (χ4n) is 3.18. The molecule has 0 spiro atoms. The van der Waals surface area contributed by atoms with Gasteiger partial charge in [0.2, 0.25) is 0 Å². The molecule has 1 fully saturated rings. The van der Waals surface area contributed by atoms with E-state index >= 15 is 0 Å². The highest BCUT2D eigenvalue weighted by Gasteiger charge is 2.19. The monoisotopic (exact) mass is 348 g/mol. The molecule has 1 aliphatic heterocycles. The summed E-state index contributed by atoms with van der Waals surface area (Å²) in [6.07, 6.45) is 8.06. The third-order valence-corrected chi connectivity index (χ3v) is 4.66. The first kappa shape index (κ1) is 18.0. The fraction of sp³-hybridized carbons (Fsp3) is 0.333. The number of pyridine rings is 1. The van der Waals surface area contributed by atoms with Crippen LogP contribution in [0.15, 0.2) is 48.7 Å². The van der Waals surface area contributed by atoms with Gasteiger partial charge in [-0.15, -0.1) is 0 Å². The van der Waals surface area contributed by atoms with E-state index in [0.717, 1.165) is 49.6 Å². The van der Waals surface area contributed by atoms with Crippen molar-refractivity contribution in [3.8, 4) is 11.8 Å². The number of ether oxygens (including phenoxy) is 1. The molecule has 3 rings (SSSR count). The van der Waals surface area contributed by atoms with Crippen molar-refractivity contribution in [3.05, 3.63) is 59.8 Å². The summed E-state index contributed by atoms with van der Waals surface area (Å²) in [7, 11) is 1.70. The molecule has 0 saturated carbocycles. The van der Waals surface area contributed by atoms with E-state index in [-0.39, 0.29) is 0 Å². The Morgan fingerprint density at radius 3 is 2.77 bits per heavy atom. The van der Waals surface area contributed by atoms with Gasteiger partial charge >= 0.3 is 0 Å². The van der Waals surface area contributed by atoms with Crippen LogP contribution in [0.3, 0.4) is 0 Å². The zero-order valence-corrected chi connectivity index (χ0v) is 15.1. The highest BCUT2D eigenvalue weighted by Crippen LogP contribution is 2.19. The standard InChI is InChI=1S/C21H24N4O/c1-26-20-7-3-2-5-18(20)6-4-12-23-19-10-13-25(14-11-19)21-9-8-17(15-22)16-24-21/h2-9,16,19,23H,10-14H2,1H3. The van der Waals surface area contributed by atoms with Crippen LogP contribution in [0.25, 0.3) is 6.08 Å². The summed E-state index contributed by atoms with van der Waals surface area (Å²) in [5.74, 6) is 1.85.